The zero-order valence-corrected chi connectivity index (χ0v) is 5.94. The second-order valence-electron chi connectivity index (χ2n) is 1.62. The quantitative estimate of drug-likeness (QED) is 0.428. The highest BCUT2D eigenvalue weighted by Crippen LogP contribution is 2.05. The van der Waals surface area contributed by atoms with Crippen LogP contribution in [0.1, 0.15) is 13.8 Å². The molecule has 0 amide bonds. The molecule has 2 N–H and O–H groups in total. The zero-order valence-electron chi connectivity index (χ0n) is 5.12. The van der Waals surface area contributed by atoms with Crippen LogP contribution in [0.4, 0.5) is 0 Å². The van der Waals surface area contributed by atoms with Gasteiger partial charge in [-0.3, -0.25) is 4.55 Å². The van der Waals surface area contributed by atoms with Crippen LogP contribution in [0.25, 0.3) is 0 Å². The average Bonchev–Trinajstić information content (AvgIpc) is 1.62. The van der Waals surface area contributed by atoms with Crippen molar-refractivity contribution in [3.8, 4) is 0 Å². The number of hydrogen-bond acceptors (Lipinski definition) is 3. The van der Waals surface area contributed by atoms with E-state index in [1.807, 2.05) is 0 Å². The molecule has 0 rings (SSSR count). The normalized spacial score (nSPS) is 15.0. The van der Waals surface area contributed by atoms with Crippen molar-refractivity contribution in [2.24, 2.45) is 0 Å². The summed E-state index contributed by atoms with van der Waals surface area (Å²) < 4.78 is 28.4. The van der Waals surface area contributed by atoms with Gasteiger partial charge in [0.15, 0.2) is 0 Å². The molecule has 0 radical (unpaired) electrons. The van der Waals surface area contributed by atoms with Gasteiger partial charge in [-0.2, -0.15) is 8.42 Å². The molecule has 0 unspecified atom stereocenters. The number of hydrogen-bond donors (Lipinski definition) is 2. The molecule has 0 aromatic heterocycles. The first-order chi connectivity index (χ1) is 3.85. The van der Waals surface area contributed by atoms with E-state index >= 15 is 0 Å². The van der Waals surface area contributed by atoms with Crippen LogP contribution in [0.3, 0.4) is 0 Å². The van der Waals surface area contributed by atoms with E-state index in [2.05, 4.69) is 0 Å². The molecule has 0 spiro atoms. The van der Waals surface area contributed by atoms with Crippen LogP contribution >= 0.6 is 0 Å². The van der Waals surface area contributed by atoms with Gasteiger partial charge in [0.05, 0.1) is 0 Å². The van der Waals surface area contributed by atoms with Crippen molar-refractivity contribution < 1.29 is 18.1 Å². The lowest BCUT2D eigenvalue weighted by Crippen LogP contribution is -2.00. The van der Waals surface area contributed by atoms with E-state index < -0.39 is 20.8 Å². The van der Waals surface area contributed by atoms with E-state index in [-0.39, 0.29) is 0 Å². The Balaban J connectivity index is 4.86. The average molecular weight is 152 g/mol. The van der Waals surface area contributed by atoms with Gasteiger partial charge < -0.3 is 5.11 Å². The summed E-state index contributed by atoms with van der Waals surface area (Å²) in [6.07, 6.45) is 0. The Labute approximate surface area is 53.6 Å². The maximum Gasteiger partial charge on any atom is 0.293 e. The number of rotatable bonds is 1. The van der Waals surface area contributed by atoms with Crippen molar-refractivity contribution in [3.05, 3.63) is 10.7 Å². The topological polar surface area (TPSA) is 74.6 Å². The maximum absolute atomic E-state index is 10.1. The van der Waals surface area contributed by atoms with Gasteiger partial charge in [-0.15, -0.1) is 0 Å². The fourth-order valence-electron chi connectivity index (χ4n) is 0.187. The first kappa shape index (κ1) is 8.45. The zero-order chi connectivity index (χ0) is 7.65. The summed E-state index contributed by atoms with van der Waals surface area (Å²) in [7, 11) is -4.17. The van der Waals surface area contributed by atoms with Crippen molar-refractivity contribution in [2.75, 3.05) is 0 Å². The molecule has 0 bridgehead atoms. The van der Waals surface area contributed by atoms with Crippen molar-refractivity contribution in [1.29, 1.82) is 0 Å². The highest BCUT2D eigenvalue weighted by molar-refractivity contribution is 7.89. The fraction of sp³-hybridized carbons (Fsp3) is 0.500. The van der Waals surface area contributed by atoms with Gasteiger partial charge >= 0.3 is 0 Å². The molecule has 5 heteroatoms. The number of aliphatic hydroxyl groups excluding tert-OH is 1. The van der Waals surface area contributed by atoms with Gasteiger partial charge in [0.25, 0.3) is 10.1 Å². The van der Waals surface area contributed by atoms with Crippen LogP contribution in [0.5, 0.6) is 0 Å². The highest BCUT2D eigenvalue weighted by atomic mass is 32.2. The van der Waals surface area contributed by atoms with Gasteiger partial charge in [0.2, 0.25) is 0 Å². The number of aliphatic hydroxyl groups is 1. The molecule has 0 aliphatic rings. The van der Waals surface area contributed by atoms with Crippen molar-refractivity contribution >= 4 is 10.1 Å². The lowest BCUT2D eigenvalue weighted by Gasteiger charge is -1.94. The monoisotopic (exact) mass is 152 g/mol. The fourth-order valence-corrected chi connectivity index (χ4v) is 0.560. The van der Waals surface area contributed by atoms with Crippen LogP contribution in [0, 0.1) is 0 Å². The SMILES string of the molecule is C/C(O)=C(\C)S(=O)(=O)O. The molecule has 0 atom stereocenters. The molecule has 0 saturated carbocycles. The minimum atomic E-state index is -4.17. The molecule has 0 saturated heterocycles. The minimum Gasteiger partial charge on any atom is -0.512 e. The molecule has 54 valence electrons. The molecule has 0 aromatic rings. The van der Waals surface area contributed by atoms with E-state index in [1.165, 1.54) is 6.92 Å². The van der Waals surface area contributed by atoms with Gasteiger partial charge in [-0.05, 0) is 13.8 Å². The van der Waals surface area contributed by atoms with Gasteiger partial charge in [-0.25, -0.2) is 0 Å². The minimum absolute atomic E-state index is 0.391. The Morgan fingerprint density at radius 1 is 1.33 bits per heavy atom. The van der Waals surface area contributed by atoms with Crippen LogP contribution in [0.2, 0.25) is 0 Å². The Morgan fingerprint density at radius 3 is 1.67 bits per heavy atom. The maximum atomic E-state index is 10.1. The molecule has 0 heterocycles. The van der Waals surface area contributed by atoms with Gasteiger partial charge in [0, 0.05) is 0 Å². The summed E-state index contributed by atoms with van der Waals surface area (Å²) in [5, 5.41) is 8.50. The standard InChI is InChI=1S/C4H8O4S/c1-3(5)4(2)9(6,7)8/h5H,1-2H3,(H,6,7,8)/b4-3-. The Bertz CT molecular complexity index is 219. The first-order valence-electron chi connectivity index (χ1n) is 2.19. The molecule has 0 aromatic carbocycles. The third-order valence-corrected chi connectivity index (χ3v) is 1.97. The van der Waals surface area contributed by atoms with Crippen molar-refractivity contribution in [3.63, 3.8) is 0 Å². The molecular weight excluding hydrogens is 144 g/mol. The Hall–Kier alpha value is -0.550. The Kier molecular flexibility index (Phi) is 2.22. The third kappa shape index (κ3) is 2.48. The van der Waals surface area contributed by atoms with Gasteiger partial charge in [-0.1, -0.05) is 0 Å². The molecule has 0 aliphatic heterocycles. The summed E-state index contributed by atoms with van der Waals surface area (Å²) in [5.74, 6) is -0.391. The summed E-state index contributed by atoms with van der Waals surface area (Å²) in [6.45, 7) is 2.30. The van der Waals surface area contributed by atoms with Crippen molar-refractivity contribution in [2.45, 2.75) is 13.8 Å². The van der Waals surface area contributed by atoms with E-state index in [9.17, 15) is 8.42 Å². The van der Waals surface area contributed by atoms with E-state index in [1.54, 1.807) is 0 Å². The van der Waals surface area contributed by atoms with Crippen LogP contribution < -0.4 is 0 Å². The first-order valence-corrected chi connectivity index (χ1v) is 3.63. The number of allylic oxidation sites excluding steroid dienone is 2. The highest BCUT2D eigenvalue weighted by Gasteiger charge is 2.09. The molecular formula is C4H8O4S. The second-order valence-corrected chi connectivity index (χ2v) is 3.18. The van der Waals surface area contributed by atoms with E-state index in [0.717, 1.165) is 6.92 Å². The van der Waals surface area contributed by atoms with Crippen LogP contribution in [0.15, 0.2) is 10.7 Å². The second kappa shape index (κ2) is 2.36. The molecule has 0 fully saturated rings. The third-order valence-electron chi connectivity index (χ3n) is 0.896. The summed E-state index contributed by atoms with van der Waals surface area (Å²) in [4.78, 5) is -0.414. The van der Waals surface area contributed by atoms with Crippen LogP contribution in [-0.2, 0) is 10.1 Å². The van der Waals surface area contributed by atoms with Crippen LogP contribution in [-0.4, -0.2) is 18.1 Å². The van der Waals surface area contributed by atoms with E-state index in [0.29, 0.717) is 0 Å². The van der Waals surface area contributed by atoms with E-state index in [4.69, 9.17) is 9.66 Å². The molecule has 4 nitrogen and oxygen atoms in total. The predicted molar refractivity (Wildman–Crippen MR) is 32.6 cm³/mol. The Morgan fingerprint density at radius 2 is 1.67 bits per heavy atom. The summed E-state index contributed by atoms with van der Waals surface area (Å²) >= 11 is 0. The van der Waals surface area contributed by atoms with Crippen molar-refractivity contribution in [1.82, 2.24) is 0 Å². The molecule has 0 aliphatic carbocycles. The predicted octanol–water partition coefficient (Wildman–Crippen LogP) is 0.684. The largest absolute Gasteiger partial charge is 0.512 e. The lowest BCUT2D eigenvalue weighted by molar-refractivity contribution is 0.407. The smallest absolute Gasteiger partial charge is 0.293 e. The lowest BCUT2D eigenvalue weighted by atomic mass is 10.5. The van der Waals surface area contributed by atoms with Gasteiger partial charge in [0.1, 0.15) is 10.7 Å². The summed E-state index contributed by atoms with van der Waals surface area (Å²) in [5.41, 5.74) is 0. The molecule has 9 heavy (non-hydrogen) atoms. The summed E-state index contributed by atoms with van der Waals surface area (Å²) in [6, 6.07) is 0.